The first-order valence-electron chi connectivity index (χ1n) is 5.64. The van der Waals surface area contributed by atoms with Crippen molar-refractivity contribution in [1.82, 2.24) is 4.98 Å². The van der Waals surface area contributed by atoms with Crippen LogP contribution in [0.15, 0.2) is 18.3 Å². The molecule has 92 valence electrons. The lowest BCUT2D eigenvalue weighted by Gasteiger charge is -2.19. The zero-order valence-corrected chi connectivity index (χ0v) is 9.80. The number of hydrogen-bond donors (Lipinski definition) is 1. The summed E-state index contributed by atoms with van der Waals surface area (Å²) in [5.74, 6) is 0.102. The fourth-order valence-corrected chi connectivity index (χ4v) is 2.21. The molecule has 0 unspecified atom stereocenters. The lowest BCUT2D eigenvalue weighted by atomic mass is 10.1. The Morgan fingerprint density at radius 1 is 1.71 bits per heavy atom. The summed E-state index contributed by atoms with van der Waals surface area (Å²) >= 11 is 0. The number of hydrogen-bond acceptors (Lipinski definition) is 4. The van der Waals surface area contributed by atoms with Crippen molar-refractivity contribution in [3.63, 3.8) is 0 Å². The molecule has 1 aromatic heterocycles. The molecule has 0 amide bonds. The van der Waals surface area contributed by atoms with Gasteiger partial charge in [0.1, 0.15) is 11.4 Å². The van der Waals surface area contributed by atoms with Gasteiger partial charge in [0.05, 0.1) is 6.61 Å². The summed E-state index contributed by atoms with van der Waals surface area (Å²) in [6.45, 7) is 2.36. The van der Waals surface area contributed by atoms with Gasteiger partial charge < -0.3 is 14.7 Å². The number of carbonyl (C=O) groups is 1. The van der Waals surface area contributed by atoms with Crippen LogP contribution in [0.1, 0.15) is 16.8 Å². The highest BCUT2D eigenvalue weighted by Gasteiger charge is 2.26. The zero-order chi connectivity index (χ0) is 12.3. The molecule has 1 aliphatic heterocycles. The van der Waals surface area contributed by atoms with Crippen LogP contribution in [0.2, 0.25) is 0 Å². The van der Waals surface area contributed by atoms with Crippen LogP contribution < -0.4 is 4.90 Å². The number of ether oxygens (including phenoxy) is 1. The minimum atomic E-state index is -0.928. The van der Waals surface area contributed by atoms with Crippen LogP contribution in [-0.2, 0) is 4.74 Å². The standard InChI is InChI=1S/C12H16N2O3/c1-17-8-9-4-6-14(7-9)11-10(12(15)16)3-2-5-13-11/h2-3,5,9H,4,6-8H2,1H3,(H,15,16)/t9-/m0/s1. The second-order valence-electron chi connectivity index (χ2n) is 4.24. The number of aromatic carboxylic acids is 1. The third kappa shape index (κ3) is 2.55. The molecule has 1 atom stereocenters. The first-order valence-corrected chi connectivity index (χ1v) is 5.64. The molecule has 0 spiro atoms. The van der Waals surface area contributed by atoms with Crippen molar-refractivity contribution in [1.29, 1.82) is 0 Å². The molecule has 5 heteroatoms. The third-order valence-electron chi connectivity index (χ3n) is 3.00. The van der Waals surface area contributed by atoms with Gasteiger partial charge in [-0.1, -0.05) is 0 Å². The second-order valence-corrected chi connectivity index (χ2v) is 4.24. The summed E-state index contributed by atoms with van der Waals surface area (Å²) < 4.78 is 5.12. The van der Waals surface area contributed by atoms with E-state index in [-0.39, 0.29) is 5.56 Å². The number of carboxylic acids is 1. The Labute approximate surface area is 100 Å². The maximum absolute atomic E-state index is 11.1. The molecular weight excluding hydrogens is 220 g/mol. The molecule has 2 rings (SSSR count). The zero-order valence-electron chi connectivity index (χ0n) is 9.80. The lowest BCUT2D eigenvalue weighted by molar-refractivity contribution is 0.0697. The molecule has 17 heavy (non-hydrogen) atoms. The van der Waals surface area contributed by atoms with Gasteiger partial charge in [-0.3, -0.25) is 0 Å². The Balaban J connectivity index is 2.16. The van der Waals surface area contributed by atoms with Crippen LogP contribution in [0, 0.1) is 5.92 Å². The first-order chi connectivity index (χ1) is 8.22. The van der Waals surface area contributed by atoms with Gasteiger partial charge in [0.2, 0.25) is 0 Å². The van der Waals surface area contributed by atoms with Crippen LogP contribution in [0.25, 0.3) is 0 Å². The number of anilines is 1. The van der Waals surface area contributed by atoms with Crippen LogP contribution in [0.5, 0.6) is 0 Å². The molecule has 2 heterocycles. The Kier molecular flexibility index (Phi) is 3.58. The van der Waals surface area contributed by atoms with E-state index in [0.717, 1.165) is 19.5 Å². The van der Waals surface area contributed by atoms with E-state index in [0.29, 0.717) is 18.3 Å². The van der Waals surface area contributed by atoms with Crippen LogP contribution in [-0.4, -0.2) is 42.9 Å². The van der Waals surface area contributed by atoms with Crippen LogP contribution >= 0.6 is 0 Å². The quantitative estimate of drug-likeness (QED) is 0.852. The van der Waals surface area contributed by atoms with E-state index in [1.54, 1.807) is 25.4 Å². The number of carboxylic acid groups (broad SMARTS) is 1. The number of methoxy groups -OCH3 is 1. The summed E-state index contributed by atoms with van der Waals surface area (Å²) in [4.78, 5) is 17.3. The van der Waals surface area contributed by atoms with Gasteiger partial charge in [-0.15, -0.1) is 0 Å². The fraction of sp³-hybridized carbons (Fsp3) is 0.500. The largest absolute Gasteiger partial charge is 0.478 e. The molecular formula is C12H16N2O3. The van der Waals surface area contributed by atoms with Gasteiger partial charge in [0.25, 0.3) is 0 Å². The predicted octanol–water partition coefficient (Wildman–Crippen LogP) is 1.25. The van der Waals surface area contributed by atoms with Gasteiger partial charge in [-0.25, -0.2) is 9.78 Å². The molecule has 1 aromatic rings. The summed E-state index contributed by atoms with van der Waals surface area (Å²) in [5.41, 5.74) is 0.269. The maximum atomic E-state index is 11.1. The topological polar surface area (TPSA) is 62.7 Å². The van der Waals surface area contributed by atoms with E-state index in [9.17, 15) is 4.79 Å². The molecule has 5 nitrogen and oxygen atoms in total. The highest BCUT2D eigenvalue weighted by atomic mass is 16.5. The predicted molar refractivity (Wildman–Crippen MR) is 63.4 cm³/mol. The average Bonchev–Trinajstić information content (AvgIpc) is 2.78. The van der Waals surface area contributed by atoms with E-state index in [2.05, 4.69) is 4.98 Å². The molecule has 0 radical (unpaired) electrons. The smallest absolute Gasteiger partial charge is 0.339 e. The van der Waals surface area contributed by atoms with E-state index < -0.39 is 5.97 Å². The summed E-state index contributed by atoms with van der Waals surface area (Å²) in [5, 5.41) is 9.10. The highest BCUT2D eigenvalue weighted by Crippen LogP contribution is 2.25. The van der Waals surface area contributed by atoms with E-state index >= 15 is 0 Å². The number of pyridine rings is 1. The number of nitrogens with zero attached hydrogens (tertiary/aromatic N) is 2. The SMILES string of the molecule is COC[C@H]1CCN(c2ncccc2C(=O)O)C1. The van der Waals surface area contributed by atoms with Crippen molar-refractivity contribution in [3.05, 3.63) is 23.9 Å². The van der Waals surface area contributed by atoms with Crippen LogP contribution in [0.3, 0.4) is 0 Å². The van der Waals surface area contributed by atoms with Crippen molar-refractivity contribution in [3.8, 4) is 0 Å². The Hall–Kier alpha value is -1.62. The van der Waals surface area contributed by atoms with Crippen molar-refractivity contribution >= 4 is 11.8 Å². The van der Waals surface area contributed by atoms with Crippen molar-refractivity contribution in [2.45, 2.75) is 6.42 Å². The van der Waals surface area contributed by atoms with Gasteiger partial charge in [-0.05, 0) is 18.6 Å². The second kappa shape index (κ2) is 5.14. The van der Waals surface area contributed by atoms with E-state index in [1.165, 1.54) is 0 Å². The molecule has 1 N–H and O–H groups in total. The molecule has 0 bridgehead atoms. The van der Waals surface area contributed by atoms with Gasteiger partial charge >= 0.3 is 5.97 Å². The first kappa shape index (κ1) is 11.9. The molecule has 1 saturated heterocycles. The van der Waals surface area contributed by atoms with E-state index in [1.807, 2.05) is 4.90 Å². The number of rotatable bonds is 4. The third-order valence-corrected chi connectivity index (χ3v) is 3.00. The minimum Gasteiger partial charge on any atom is -0.478 e. The Bertz CT molecular complexity index is 408. The molecule has 0 aliphatic carbocycles. The van der Waals surface area contributed by atoms with Crippen molar-refractivity contribution in [2.75, 3.05) is 31.7 Å². The van der Waals surface area contributed by atoms with Crippen LogP contribution in [0.4, 0.5) is 5.82 Å². The number of aromatic nitrogens is 1. The Morgan fingerprint density at radius 2 is 2.53 bits per heavy atom. The van der Waals surface area contributed by atoms with Crippen molar-refractivity contribution < 1.29 is 14.6 Å². The maximum Gasteiger partial charge on any atom is 0.339 e. The molecule has 0 saturated carbocycles. The lowest BCUT2D eigenvalue weighted by Crippen LogP contribution is -2.24. The van der Waals surface area contributed by atoms with Crippen molar-refractivity contribution in [2.24, 2.45) is 5.92 Å². The highest BCUT2D eigenvalue weighted by molar-refractivity contribution is 5.93. The normalized spacial score (nSPS) is 19.6. The average molecular weight is 236 g/mol. The van der Waals surface area contributed by atoms with Gasteiger partial charge in [-0.2, -0.15) is 0 Å². The fourth-order valence-electron chi connectivity index (χ4n) is 2.21. The molecule has 1 aliphatic rings. The van der Waals surface area contributed by atoms with Gasteiger partial charge in [0, 0.05) is 32.3 Å². The minimum absolute atomic E-state index is 0.269. The molecule has 0 aromatic carbocycles. The summed E-state index contributed by atoms with van der Waals surface area (Å²) in [6, 6.07) is 3.24. The van der Waals surface area contributed by atoms with E-state index in [4.69, 9.17) is 9.84 Å². The van der Waals surface area contributed by atoms with Gasteiger partial charge in [0.15, 0.2) is 0 Å². The summed E-state index contributed by atoms with van der Waals surface area (Å²) in [7, 11) is 1.69. The summed E-state index contributed by atoms with van der Waals surface area (Å²) in [6.07, 6.45) is 2.65. The Morgan fingerprint density at radius 3 is 3.24 bits per heavy atom. The molecule has 1 fully saturated rings. The monoisotopic (exact) mass is 236 g/mol.